The third kappa shape index (κ3) is 4.50. The zero-order valence-electron chi connectivity index (χ0n) is 17.9. The lowest BCUT2D eigenvalue weighted by Gasteiger charge is -2.16. The molecule has 0 atom stereocenters. The molecular formula is C26H20N4O3. The summed E-state index contributed by atoms with van der Waals surface area (Å²) in [6.45, 7) is 2.16. The number of pyridine rings is 1. The molecule has 0 aliphatic heterocycles. The number of benzene rings is 3. The molecule has 0 aliphatic rings. The number of non-ortho nitro benzene ring substituents is 1. The van der Waals surface area contributed by atoms with Crippen molar-refractivity contribution in [1.29, 1.82) is 5.26 Å². The van der Waals surface area contributed by atoms with Crippen molar-refractivity contribution < 1.29 is 9.66 Å². The molecule has 0 saturated heterocycles. The van der Waals surface area contributed by atoms with Crippen LogP contribution >= 0.6 is 0 Å². The molecule has 0 saturated carbocycles. The number of aryl methyl sites for hydroxylation is 1. The van der Waals surface area contributed by atoms with Crippen molar-refractivity contribution in [2.75, 3.05) is 5.73 Å². The minimum absolute atomic E-state index is 0.0394. The number of nitrogens with zero attached hydrogens (tertiary/aromatic N) is 3. The summed E-state index contributed by atoms with van der Waals surface area (Å²) in [6, 6.07) is 25.6. The average Bonchev–Trinajstić information content (AvgIpc) is 2.83. The van der Waals surface area contributed by atoms with Crippen molar-refractivity contribution in [2.45, 2.75) is 13.5 Å². The van der Waals surface area contributed by atoms with Gasteiger partial charge in [-0.15, -0.1) is 0 Å². The van der Waals surface area contributed by atoms with Gasteiger partial charge in [0.15, 0.2) is 0 Å². The lowest BCUT2D eigenvalue weighted by atomic mass is 9.90. The first-order valence-electron chi connectivity index (χ1n) is 10.2. The predicted molar refractivity (Wildman–Crippen MR) is 126 cm³/mol. The van der Waals surface area contributed by atoms with Crippen molar-refractivity contribution in [1.82, 2.24) is 4.98 Å². The Balaban J connectivity index is 1.65. The van der Waals surface area contributed by atoms with Gasteiger partial charge in [-0.05, 0) is 47.9 Å². The first kappa shape index (κ1) is 21.5. The van der Waals surface area contributed by atoms with Gasteiger partial charge in [0.25, 0.3) is 5.69 Å². The maximum atomic E-state index is 10.8. The molecule has 1 heterocycles. The van der Waals surface area contributed by atoms with E-state index in [0.29, 0.717) is 11.3 Å². The van der Waals surface area contributed by atoms with Gasteiger partial charge < -0.3 is 10.5 Å². The second kappa shape index (κ2) is 9.20. The summed E-state index contributed by atoms with van der Waals surface area (Å²) in [4.78, 5) is 14.7. The second-order valence-corrected chi connectivity index (χ2v) is 7.42. The Hall–Kier alpha value is -4.70. The lowest BCUT2D eigenvalue weighted by Crippen LogP contribution is -2.03. The number of nitro groups is 1. The summed E-state index contributed by atoms with van der Waals surface area (Å²) < 4.78 is 5.83. The Labute approximate surface area is 190 Å². The highest BCUT2D eigenvalue weighted by Gasteiger charge is 2.19. The number of aromatic nitrogens is 1. The molecule has 7 heteroatoms. The minimum Gasteiger partial charge on any atom is -0.489 e. The Morgan fingerprint density at radius 3 is 2.21 bits per heavy atom. The molecular weight excluding hydrogens is 416 g/mol. The molecule has 33 heavy (non-hydrogen) atoms. The van der Waals surface area contributed by atoms with Crippen LogP contribution in [-0.4, -0.2) is 9.91 Å². The number of anilines is 1. The van der Waals surface area contributed by atoms with Gasteiger partial charge in [-0.3, -0.25) is 10.1 Å². The second-order valence-electron chi connectivity index (χ2n) is 7.42. The van der Waals surface area contributed by atoms with Gasteiger partial charge in [0, 0.05) is 29.0 Å². The number of hydrogen-bond donors (Lipinski definition) is 1. The number of hydrogen-bond acceptors (Lipinski definition) is 6. The van der Waals surface area contributed by atoms with Crippen LogP contribution in [0.4, 0.5) is 11.5 Å². The van der Waals surface area contributed by atoms with Crippen molar-refractivity contribution in [3.05, 3.63) is 106 Å². The highest BCUT2D eigenvalue weighted by atomic mass is 16.6. The van der Waals surface area contributed by atoms with E-state index in [1.54, 1.807) is 12.1 Å². The summed E-state index contributed by atoms with van der Waals surface area (Å²) >= 11 is 0. The molecule has 4 aromatic rings. The van der Waals surface area contributed by atoms with Crippen LogP contribution in [0.3, 0.4) is 0 Å². The minimum atomic E-state index is -0.434. The van der Waals surface area contributed by atoms with Crippen molar-refractivity contribution >= 4 is 11.5 Å². The maximum absolute atomic E-state index is 10.8. The van der Waals surface area contributed by atoms with Crippen LogP contribution in [0.25, 0.3) is 22.3 Å². The zero-order valence-corrected chi connectivity index (χ0v) is 17.9. The molecule has 4 rings (SSSR count). The normalized spacial score (nSPS) is 10.4. The molecule has 0 amide bonds. The Bertz CT molecular complexity index is 1340. The summed E-state index contributed by atoms with van der Waals surface area (Å²) in [5.41, 5.74) is 11.4. The largest absolute Gasteiger partial charge is 0.489 e. The highest BCUT2D eigenvalue weighted by Crippen LogP contribution is 2.39. The number of ether oxygens (including phenoxy) is 1. The first-order valence-corrected chi connectivity index (χ1v) is 10.2. The average molecular weight is 436 g/mol. The summed E-state index contributed by atoms with van der Waals surface area (Å²) in [5.74, 6) is 0.832. The van der Waals surface area contributed by atoms with Gasteiger partial charge in [0.05, 0.1) is 4.92 Å². The van der Waals surface area contributed by atoms with E-state index in [-0.39, 0.29) is 18.1 Å². The summed E-state index contributed by atoms with van der Waals surface area (Å²) in [6.07, 6.45) is 0. The molecule has 0 spiro atoms. The quantitative estimate of drug-likeness (QED) is 0.308. The summed E-state index contributed by atoms with van der Waals surface area (Å²) in [5, 5.41) is 20.6. The monoisotopic (exact) mass is 436 g/mol. The van der Waals surface area contributed by atoms with E-state index >= 15 is 0 Å². The number of nitro benzene ring substituents is 1. The number of nitrogens with two attached hydrogens (primary N) is 1. The Morgan fingerprint density at radius 1 is 0.970 bits per heavy atom. The van der Waals surface area contributed by atoms with Crippen LogP contribution in [0, 0.1) is 28.4 Å². The zero-order chi connectivity index (χ0) is 23.4. The van der Waals surface area contributed by atoms with Gasteiger partial charge in [-0.1, -0.05) is 42.5 Å². The molecule has 0 bridgehead atoms. The molecule has 0 aliphatic carbocycles. The molecule has 0 fully saturated rings. The van der Waals surface area contributed by atoms with E-state index in [2.05, 4.69) is 11.1 Å². The number of nitriles is 1. The van der Waals surface area contributed by atoms with E-state index in [4.69, 9.17) is 10.5 Å². The smallest absolute Gasteiger partial charge is 0.269 e. The van der Waals surface area contributed by atoms with Crippen LogP contribution in [0.1, 0.15) is 16.8 Å². The Morgan fingerprint density at radius 2 is 1.61 bits per heavy atom. The van der Waals surface area contributed by atoms with Crippen molar-refractivity contribution in [3.8, 4) is 34.1 Å². The molecule has 162 valence electrons. The van der Waals surface area contributed by atoms with Crippen molar-refractivity contribution in [2.24, 2.45) is 0 Å². The van der Waals surface area contributed by atoms with Crippen LogP contribution in [0.15, 0.2) is 78.9 Å². The molecule has 0 unspecified atom stereocenters. The predicted octanol–water partition coefficient (Wildman–Crippen LogP) is 5.67. The fourth-order valence-corrected chi connectivity index (χ4v) is 3.68. The van der Waals surface area contributed by atoms with Crippen LogP contribution in [0.5, 0.6) is 5.75 Å². The molecule has 7 nitrogen and oxygen atoms in total. The van der Waals surface area contributed by atoms with E-state index in [1.807, 2.05) is 61.5 Å². The lowest BCUT2D eigenvalue weighted by molar-refractivity contribution is -0.384. The summed E-state index contributed by atoms with van der Waals surface area (Å²) in [7, 11) is 0. The van der Waals surface area contributed by atoms with Gasteiger partial charge >= 0.3 is 0 Å². The molecule has 1 aromatic heterocycles. The number of rotatable bonds is 6. The van der Waals surface area contributed by atoms with Gasteiger partial charge in [0.2, 0.25) is 0 Å². The maximum Gasteiger partial charge on any atom is 0.269 e. The third-order valence-electron chi connectivity index (χ3n) is 5.28. The molecule has 3 aromatic carbocycles. The van der Waals surface area contributed by atoms with E-state index < -0.39 is 4.92 Å². The third-order valence-corrected chi connectivity index (χ3v) is 5.28. The van der Waals surface area contributed by atoms with E-state index in [0.717, 1.165) is 33.5 Å². The van der Waals surface area contributed by atoms with Crippen molar-refractivity contribution in [3.63, 3.8) is 0 Å². The van der Waals surface area contributed by atoms with Crippen LogP contribution in [-0.2, 0) is 6.61 Å². The molecule has 2 N–H and O–H groups in total. The number of nitrogen functional groups attached to an aromatic ring is 1. The van der Waals surface area contributed by atoms with Gasteiger partial charge in [-0.2, -0.15) is 5.26 Å². The fourth-order valence-electron chi connectivity index (χ4n) is 3.68. The first-order chi connectivity index (χ1) is 16.0. The van der Waals surface area contributed by atoms with Gasteiger partial charge in [-0.25, -0.2) is 4.98 Å². The topological polar surface area (TPSA) is 115 Å². The van der Waals surface area contributed by atoms with Gasteiger partial charge in [0.1, 0.15) is 29.8 Å². The Kier molecular flexibility index (Phi) is 6.00. The fraction of sp³-hybridized carbons (Fsp3) is 0.0769. The molecule has 0 radical (unpaired) electrons. The van der Waals surface area contributed by atoms with Crippen LogP contribution in [0.2, 0.25) is 0 Å². The SMILES string of the molecule is Cc1nc(N)c(C#N)c(-c2ccc(OCc3ccc([N+](=O)[O-])cc3)cc2)c1-c1ccccc1. The van der Waals surface area contributed by atoms with E-state index in [9.17, 15) is 15.4 Å². The highest BCUT2D eigenvalue weighted by molar-refractivity contribution is 5.91. The van der Waals surface area contributed by atoms with Crippen LogP contribution < -0.4 is 10.5 Å². The van der Waals surface area contributed by atoms with E-state index in [1.165, 1.54) is 12.1 Å². The standard InChI is InChI=1S/C26H20N4O3/c1-17-24(19-5-3-2-4-6-19)25(23(15-27)26(28)29-17)20-9-13-22(14-10-20)33-16-18-7-11-21(12-8-18)30(31)32/h2-14H,16H2,1H3,(H2,28,29).